The number of nitrogens with one attached hydrogen (secondary N) is 1. The van der Waals surface area contributed by atoms with Gasteiger partial charge in [0.1, 0.15) is 6.07 Å². The Morgan fingerprint density at radius 2 is 2.29 bits per heavy atom. The SMILES string of the molecule is Cc1cccc(C#N)c1N(C)C1CCCNC1. The Morgan fingerprint density at radius 1 is 1.47 bits per heavy atom. The van der Waals surface area contributed by atoms with Gasteiger partial charge in [0.05, 0.1) is 11.3 Å². The van der Waals surface area contributed by atoms with Gasteiger partial charge in [-0.25, -0.2) is 0 Å². The highest BCUT2D eigenvalue weighted by atomic mass is 15.2. The maximum absolute atomic E-state index is 9.20. The molecule has 1 saturated heterocycles. The smallest absolute Gasteiger partial charge is 0.101 e. The van der Waals surface area contributed by atoms with Crippen molar-refractivity contribution in [2.75, 3.05) is 25.0 Å². The number of hydrogen-bond acceptors (Lipinski definition) is 3. The van der Waals surface area contributed by atoms with E-state index in [0.717, 1.165) is 24.3 Å². The van der Waals surface area contributed by atoms with Crippen LogP contribution in [0.3, 0.4) is 0 Å². The minimum Gasteiger partial charge on any atom is -0.369 e. The summed E-state index contributed by atoms with van der Waals surface area (Å²) in [7, 11) is 2.10. The van der Waals surface area contributed by atoms with Gasteiger partial charge in [0.25, 0.3) is 0 Å². The topological polar surface area (TPSA) is 39.1 Å². The summed E-state index contributed by atoms with van der Waals surface area (Å²) in [5.74, 6) is 0. The van der Waals surface area contributed by atoms with E-state index in [9.17, 15) is 5.26 Å². The highest BCUT2D eigenvalue weighted by Gasteiger charge is 2.21. The van der Waals surface area contributed by atoms with Crippen LogP contribution >= 0.6 is 0 Å². The number of anilines is 1. The fourth-order valence-electron chi connectivity index (χ4n) is 2.56. The lowest BCUT2D eigenvalue weighted by atomic mass is 10.0. The van der Waals surface area contributed by atoms with Crippen LogP contribution < -0.4 is 10.2 Å². The third kappa shape index (κ3) is 2.42. The predicted octanol–water partition coefficient (Wildman–Crippen LogP) is 2.05. The molecule has 0 aliphatic carbocycles. The number of rotatable bonds is 2. The van der Waals surface area contributed by atoms with Gasteiger partial charge in [-0.05, 0) is 37.9 Å². The molecule has 0 amide bonds. The average Bonchev–Trinajstić information content (AvgIpc) is 2.38. The summed E-state index contributed by atoms with van der Waals surface area (Å²) in [6, 6.07) is 8.71. The fourth-order valence-corrected chi connectivity index (χ4v) is 2.56. The van der Waals surface area contributed by atoms with Crippen molar-refractivity contribution in [2.24, 2.45) is 0 Å². The van der Waals surface area contributed by atoms with Crippen molar-refractivity contribution in [3.05, 3.63) is 29.3 Å². The highest BCUT2D eigenvalue weighted by molar-refractivity contribution is 5.64. The van der Waals surface area contributed by atoms with Crippen LogP contribution in [-0.2, 0) is 0 Å². The molecule has 2 rings (SSSR count). The van der Waals surface area contributed by atoms with E-state index in [1.165, 1.54) is 18.4 Å². The molecule has 0 bridgehead atoms. The van der Waals surface area contributed by atoms with Crippen molar-refractivity contribution < 1.29 is 0 Å². The van der Waals surface area contributed by atoms with Gasteiger partial charge in [-0.3, -0.25) is 0 Å². The number of nitrogens with zero attached hydrogens (tertiary/aromatic N) is 2. The first-order chi connectivity index (χ1) is 8.24. The Balaban J connectivity index is 2.29. The Labute approximate surface area is 103 Å². The molecule has 0 saturated carbocycles. The summed E-state index contributed by atoms with van der Waals surface area (Å²) in [5, 5.41) is 12.6. The molecule has 0 aromatic heterocycles. The van der Waals surface area contributed by atoms with Crippen molar-refractivity contribution in [3.63, 3.8) is 0 Å². The molecule has 17 heavy (non-hydrogen) atoms. The second-order valence-corrected chi connectivity index (χ2v) is 4.69. The molecule has 0 radical (unpaired) electrons. The van der Waals surface area contributed by atoms with Crippen LogP contribution in [0.2, 0.25) is 0 Å². The Hall–Kier alpha value is -1.53. The molecule has 1 aromatic carbocycles. The summed E-state index contributed by atoms with van der Waals surface area (Å²) in [6.07, 6.45) is 2.41. The summed E-state index contributed by atoms with van der Waals surface area (Å²) >= 11 is 0. The van der Waals surface area contributed by atoms with E-state index in [-0.39, 0.29) is 0 Å². The van der Waals surface area contributed by atoms with Crippen molar-refractivity contribution in [2.45, 2.75) is 25.8 Å². The van der Waals surface area contributed by atoms with E-state index in [0.29, 0.717) is 6.04 Å². The van der Waals surface area contributed by atoms with Crippen LogP contribution in [-0.4, -0.2) is 26.2 Å². The first-order valence-corrected chi connectivity index (χ1v) is 6.17. The minimum absolute atomic E-state index is 0.497. The van der Waals surface area contributed by atoms with Gasteiger partial charge >= 0.3 is 0 Å². The fraction of sp³-hybridized carbons (Fsp3) is 0.500. The van der Waals surface area contributed by atoms with Gasteiger partial charge in [0.2, 0.25) is 0 Å². The molecule has 90 valence electrons. The normalized spacial score (nSPS) is 19.7. The van der Waals surface area contributed by atoms with Crippen LogP contribution in [0.5, 0.6) is 0 Å². The first kappa shape index (κ1) is 11.9. The zero-order chi connectivity index (χ0) is 12.3. The van der Waals surface area contributed by atoms with E-state index < -0.39 is 0 Å². The summed E-state index contributed by atoms with van der Waals surface area (Å²) < 4.78 is 0. The van der Waals surface area contributed by atoms with Crippen molar-refractivity contribution in [1.29, 1.82) is 5.26 Å². The minimum atomic E-state index is 0.497. The molecular weight excluding hydrogens is 210 g/mol. The summed E-state index contributed by atoms with van der Waals surface area (Å²) in [4.78, 5) is 2.26. The second kappa shape index (κ2) is 5.20. The summed E-state index contributed by atoms with van der Waals surface area (Å²) in [5.41, 5.74) is 3.04. The Kier molecular flexibility index (Phi) is 3.65. The third-order valence-electron chi connectivity index (χ3n) is 3.53. The van der Waals surface area contributed by atoms with Crippen molar-refractivity contribution in [3.8, 4) is 6.07 Å². The Morgan fingerprint density at radius 3 is 2.94 bits per heavy atom. The molecular formula is C14H19N3. The quantitative estimate of drug-likeness (QED) is 0.843. The standard InChI is InChI=1S/C14H19N3/c1-11-5-3-6-12(9-15)14(11)17(2)13-7-4-8-16-10-13/h3,5-6,13,16H,4,7-8,10H2,1-2H3. The van der Waals surface area contributed by atoms with Crippen LogP contribution in [0.1, 0.15) is 24.0 Å². The van der Waals surface area contributed by atoms with E-state index in [4.69, 9.17) is 0 Å². The van der Waals surface area contributed by atoms with Gasteiger partial charge in [-0.2, -0.15) is 5.26 Å². The number of piperidine rings is 1. The number of para-hydroxylation sites is 1. The monoisotopic (exact) mass is 229 g/mol. The maximum Gasteiger partial charge on any atom is 0.101 e. The van der Waals surface area contributed by atoms with Gasteiger partial charge in [-0.15, -0.1) is 0 Å². The largest absolute Gasteiger partial charge is 0.369 e. The lowest BCUT2D eigenvalue weighted by molar-refractivity contribution is 0.444. The number of hydrogen-bond donors (Lipinski definition) is 1. The van der Waals surface area contributed by atoms with Gasteiger partial charge in [0, 0.05) is 19.6 Å². The molecule has 0 spiro atoms. The van der Waals surface area contributed by atoms with Gasteiger partial charge in [-0.1, -0.05) is 12.1 Å². The molecule has 1 heterocycles. The van der Waals surface area contributed by atoms with Gasteiger partial charge < -0.3 is 10.2 Å². The Bertz CT molecular complexity index is 428. The summed E-state index contributed by atoms with van der Waals surface area (Å²) in [6.45, 7) is 4.20. The van der Waals surface area contributed by atoms with E-state index in [1.807, 2.05) is 12.1 Å². The zero-order valence-electron chi connectivity index (χ0n) is 10.5. The average molecular weight is 229 g/mol. The van der Waals surface area contributed by atoms with E-state index >= 15 is 0 Å². The molecule has 1 aliphatic rings. The van der Waals surface area contributed by atoms with E-state index in [2.05, 4.69) is 36.3 Å². The predicted molar refractivity (Wildman–Crippen MR) is 70.2 cm³/mol. The van der Waals surface area contributed by atoms with E-state index in [1.54, 1.807) is 0 Å². The molecule has 1 atom stereocenters. The van der Waals surface area contributed by atoms with Crippen LogP contribution in [0.4, 0.5) is 5.69 Å². The zero-order valence-corrected chi connectivity index (χ0v) is 10.5. The number of likely N-dealkylation sites (N-methyl/N-ethyl adjacent to an activating group) is 1. The van der Waals surface area contributed by atoms with Crippen LogP contribution in [0.25, 0.3) is 0 Å². The van der Waals surface area contributed by atoms with Crippen molar-refractivity contribution >= 4 is 5.69 Å². The first-order valence-electron chi connectivity index (χ1n) is 6.17. The van der Waals surface area contributed by atoms with Gasteiger partial charge in [0.15, 0.2) is 0 Å². The number of aryl methyl sites for hydroxylation is 1. The second-order valence-electron chi connectivity index (χ2n) is 4.69. The third-order valence-corrected chi connectivity index (χ3v) is 3.53. The molecule has 3 heteroatoms. The van der Waals surface area contributed by atoms with Crippen LogP contribution in [0, 0.1) is 18.3 Å². The molecule has 1 N–H and O–H groups in total. The van der Waals surface area contributed by atoms with Crippen molar-refractivity contribution in [1.82, 2.24) is 5.32 Å². The lowest BCUT2D eigenvalue weighted by Crippen LogP contribution is -2.44. The van der Waals surface area contributed by atoms with Crippen LogP contribution in [0.15, 0.2) is 18.2 Å². The molecule has 1 fully saturated rings. The lowest BCUT2D eigenvalue weighted by Gasteiger charge is -2.34. The highest BCUT2D eigenvalue weighted by Crippen LogP contribution is 2.26. The number of benzene rings is 1. The molecule has 1 aromatic rings. The molecule has 1 unspecified atom stereocenters. The number of nitriles is 1. The molecule has 1 aliphatic heterocycles. The molecule has 3 nitrogen and oxygen atoms in total. The maximum atomic E-state index is 9.20.